The predicted octanol–water partition coefficient (Wildman–Crippen LogP) is 2.29. The number of amides is 2. The zero-order valence-corrected chi connectivity index (χ0v) is 17.4. The molecule has 1 saturated heterocycles. The summed E-state index contributed by atoms with van der Waals surface area (Å²) in [4.78, 5) is 41.7. The van der Waals surface area contributed by atoms with E-state index in [9.17, 15) is 19.7 Å². The van der Waals surface area contributed by atoms with Gasteiger partial charge in [-0.2, -0.15) is 0 Å². The molecule has 0 aliphatic carbocycles. The van der Waals surface area contributed by atoms with Gasteiger partial charge in [0.25, 0.3) is 17.5 Å². The first kappa shape index (κ1) is 22.0. The average Bonchev–Trinajstić information content (AvgIpc) is 2.81. The van der Waals surface area contributed by atoms with Gasteiger partial charge >= 0.3 is 0 Å². The van der Waals surface area contributed by atoms with Crippen molar-refractivity contribution in [1.82, 2.24) is 15.2 Å². The second-order valence-corrected chi connectivity index (χ2v) is 7.17. The number of nitrogens with zero attached hydrogens (tertiary/aromatic N) is 3. The Morgan fingerprint density at radius 3 is 2.48 bits per heavy atom. The van der Waals surface area contributed by atoms with Gasteiger partial charge in [0.1, 0.15) is 5.56 Å². The van der Waals surface area contributed by atoms with E-state index < -0.39 is 10.8 Å². The number of benzene rings is 1. The number of hydrogen-bond donors (Lipinski definition) is 1. The van der Waals surface area contributed by atoms with Crippen LogP contribution in [0, 0.1) is 16.0 Å². The summed E-state index contributed by atoms with van der Waals surface area (Å²) in [5.74, 6) is -0.0315. The maximum absolute atomic E-state index is 12.7. The van der Waals surface area contributed by atoms with Gasteiger partial charge in [-0.15, -0.1) is 0 Å². The highest BCUT2D eigenvalue weighted by Crippen LogP contribution is 2.34. The van der Waals surface area contributed by atoms with Gasteiger partial charge in [0.05, 0.1) is 30.8 Å². The number of rotatable bonds is 7. The first-order valence-electron chi connectivity index (χ1n) is 9.82. The number of nitro groups is 1. The highest BCUT2D eigenvalue weighted by molar-refractivity contribution is 5.99. The van der Waals surface area contributed by atoms with Crippen LogP contribution in [-0.4, -0.2) is 60.5 Å². The number of carbonyl (C=O) groups is 2. The summed E-state index contributed by atoms with van der Waals surface area (Å²) in [5.41, 5.74) is 0.105. The molecular weight excluding hydrogens is 404 g/mol. The van der Waals surface area contributed by atoms with E-state index in [4.69, 9.17) is 9.47 Å². The smallest absolute Gasteiger partial charge is 0.286 e. The van der Waals surface area contributed by atoms with Gasteiger partial charge in [-0.05, 0) is 30.9 Å². The van der Waals surface area contributed by atoms with Crippen LogP contribution >= 0.6 is 0 Å². The third kappa shape index (κ3) is 5.08. The maximum Gasteiger partial charge on any atom is 0.286 e. The minimum Gasteiger partial charge on any atom is -0.493 e. The number of carbonyl (C=O) groups excluding carboxylic acids is 2. The number of nitrogens with one attached hydrogen (secondary N) is 1. The summed E-state index contributed by atoms with van der Waals surface area (Å²) < 4.78 is 10.2. The van der Waals surface area contributed by atoms with Crippen LogP contribution in [0.25, 0.3) is 0 Å². The van der Waals surface area contributed by atoms with Gasteiger partial charge in [0.2, 0.25) is 0 Å². The van der Waals surface area contributed by atoms with Gasteiger partial charge in [-0.1, -0.05) is 0 Å². The van der Waals surface area contributed by atoms with Gasteiger partial charge in [0.15, 0.2) is 11.5 Å². The minimum absolute atomic E-state index is 0.0588. The second-order valence-electron chi connectivity index (χ2n) is 7.17. The van der Waals surface area contributed by atoms with Crippen molar-refractivity contribution in [3.05, 3.63) is 57.9 Å². The van der Waals surface area contributed by atoms with Crippen LogP contribution in [0.1, 0.15) is 33.6 Å². The van der Waals surface area contributed by atoms with Gasteiger partial charge in [-0.25, -0.2) is 0 Å². The molecule has 1 N–H and O–H groups in total. The molecule has 10 heteroatoms. The Hall–Kier alpha value is -3.69. The van der Waals surface area contributed by atoms with Crippen molar-refractivity contribution in [3.63, 3.8) is 0 Å². The van der Waals surface area contributed by atoms with Crippen LogP contribution < -0.4 is 14.8 Å². The van der Waals surface area contributed by atoms with Crippen molar-refractivity contribution in [3.8, 4) is 11.5 Å². The van der Waals surface area contributed by atoms with Crippen LogP contribution in [0.5, 0.6) is 11.5 Å². The molecule has 1 aromatic heterocycles. The van der Waals surface area contributed by atoms with E-state index in [0.29, 0.717) is 25.2 Å². The fraction of sp³-hybridized carbons (Fsp3) is 0.381. The zero-order chi connectivity index (χ0) is 22.4. The lowest BCUT2D eigenvalue weighted by atomic mass is 9.96. The predicted molar refractivity (Wildman–Crippen MR) is 111 cm³/mol. The largest absolute Gasteiger partial charge is 0.493 e. The van der Waals surface area contributed by atoms with Crippen LogP contribution in [0.4, 0.5) is 5.69 Å². The summed E-state index contributed by atoms with van der Waals surface area (Å²) >= 11 is 0. The normalized spacial score (nSPS) is 14.1. The molecule has 164 valence electrons. The molecule has 10 nitrogen and oxygen atoms in total. The fourth-order valence-corrected chi connectivity index (χ4v) is 3.55. The number of aromatic nitrogens is 1. The van der Waals surface area contributed by atoms with E-state index >= 15 is 0 Å². The second kappa shape index (κ2) is 9.88. The Bertz CT molecular complexity index is 958. The Labute approximate surface area is 179 Å². The van der Waals surface area contributed by atoms with E-state index in [-0.39, 0.29) is 34.6 Å². The Balaban J connectivity index is 1.59. The van der Waals surface area contributed by atoms with Crippen LogP contribution in [0.2, 0.25) is 0 Å². The van der Waals surface area contributed by atoms with Crippen LogP contribution in [0.15, 0.2) is 36.7 Å². The molecule has 1 fully saturated rings. The van der Waals surface area contributed by atoms with Crippen molar-refractivity contribution in [2.45, 2.75) is 12.8 Å². The molecule has 1 aliphatic heterocycles. The molecule has 0 atom stereocenters. The molecule has 0 unspecified atom stereocenters. The summed E-state index contributed by atoms with van der Waals surface area (Å²) in [6, 6.07) is 5.94. The molecule has 2 amide bonds. The van der Waals surface area contributed by atoms with E-state index in [1.54, 1.807) is 29.4 Å². The number of pyridine rings is 1. The number of methoxy groups -OCH3 is 2. The number of hydrogen-bond acceptors (Lipinski definition) is 7. The molecule has 0 bridgehead atoms. The quantitative estimate of drug-likeness (QED) is 0.530. The van der Waals surface area contributed by atoms with Crippen molar-refractivity contribution in [2.24, 2.45) is 5.92 Å². The number of nitro benzene ring substituents is 1. The van der Waals surface area contributed by atoms with Gasteiger partial charge < -0.3 is 19.7 Å². The van der Waals surface area contributed by atoms with Gasteiger partial charge in [0, 0.05) is 38.1 Å². The van der Waals surface area contributed by atoms with Gasteiger partial charge in [-0.3, -0.25) is 24.7 Å². The molecule has 1 aromatic carbocycles. The zero-order valence-electron chi connectivity index (χ0n) is 17.4. The molecule has 1 aliphatic rings. The summed E-state index contributed by atoms with van der Waals surface area (Å²) in [7, 11) is 2.76. The minimum atomic E-state index is -0.626. The monoisotopic (exact) mass is 428 g/mol. The standard InChI is InChI=1S/C21H24N4O6/c1-30-18-10-16(17(25(28)29)11-19(18)31-2)20(26)23-12-14-5-8-24(9-6-14)21(27)15-4-3-7-22-13-15/h3-4,7,10-11,13-14H,5-6,8-9,12H2,1-2H3,(H,23,26). The first-order chi connectivity index (χ1) is 14.9. The molecule has 2 aromatic rings. The lowest BCUT2D eigenvalue weighted by Gasteiger charge is -2.32. The topological polar surface area (TPSA) is 124 Å². The van der Waals surface area contributed by atoms with Crippen LogP contribution in [0.3, 0.4) is 0 Å². The molecule has 2 heterocycles. The molecule has 0 radical (unpaired) electrons. The number of piperidine rings is 1. The number of ether oxygens (including phenoxy) is 2. The molecule has 3 rings (SSSR count). The van der Waals surface area contributed by atoms with E-state index in [0.717, 1.165) is 12.8 Å². The summed E-state index contributed by atoms with van der Waals surface area (Å²) in [5, 5.41) is 14.2. The first-order valence-corrected chi connectivity index (χ1v) is 9.82. The Kier molecular flexibility index (Phi) is 7.01. The molecular formula is C21H24N4O6. The molecule has 0 spiro atoms. The fourth-order valence-electron chi connectivity index (χ4n) is 3.55. The van der Waals surface area contributed by atoms with Crippen LogP contribution in [-0.2, 0) is 0 Å². The average molecular weight is 428 g/mol. The summed E-state index contributed by atoms with van der Waals surface area (Å²) in [6.45, 7) is 1.51. The maximum atomic E-state index is 12.7. The van der Waals surface area contributed by atoms with E-state index in [1.807, 2.05) is 0 Å². The van der Waals surface area contributed by atoms with Crippen molar-refractivity contribution in [2.75, 3.05) is 33.9 Å². The summed E-state index contributed by atoms with van der Waals surface area (Å²) in [6.07, 6.45) is 4.61. The van der Waals surface area contributed by atoms with E-state index in [2.05, 4.69) is 10.3 Å². The highest BCUT2D eigenvalue weighted by Gasteiger charge is 2.27. The lowest BCUT2D eigenvalue weighted by Crippen LogP contribution is -2.41. The SMILES string of the molecule is COc1cc(C(=O)NCC2CCN(C(=O)c3cccnc3)CC2)c([N+](=O)[O-])cc1OC. The Morgan fingerprint density at radius 2 is 1.90 bits per heavy atom. The third-order valence-electron chi connectivity index (χ3n) is 5.30. The highest BCUT2D eigenvalue weighted by atomic mass is 16.6. The van der Waals surface area contributed by atoms with Crippen molar-refractivity contribution < 1.29 is 24.0 Å². The van der Waals surface area contributed by atoms with Crippen molar-refractivity contribution in [1.29, 1.82) is 0 Å². The van der Waals surface area contributed by atoms with Crippen molar-refractivity contribution >= 4 is 17.5 Å². The lowest BCUT2D eigenvalue weighted by molar-refractivity contribution is -0.385. The number of likely N-dealkylation sites (tertiary alicyclic amines) is 1. The Morgan fingerprint density at radius 1 is 1.23 bits per heavy atom. The molecule has 31 heavy (non-hydrogen) atoms. The molecule has 0 saturated carbocycles. The third-order valence-corrected chi connectivity index (χ3v) is 5.30. The van der Waals surface area contributed by atoms with E-state index in [1.165, 1.54) is 26.4 Å².